The summed E-state index contributed by atoms with van der Waals surface area (Å²) in [5.41, 5.74) is 2.96. The molecule has 0 bridgehead atoms. The molecule has 0 aliphatic carbocycles. The van der Waals surface area contributed by atoms with Crippen LogP contribution in [0.25, 0.3) is 0 Å². The largest absolute Gasteiger partial charge is 0.349 e. The predicted octanol–water partition coefficient (Wildman–Crippen LogP) is 4.60. The van der Waals surface area contributed by atoms with Gasteiger partial charge >= 0.3 is 0 Å². The highest BCUT2D eigenvalue weighted by Crippen LogP contribution is 2.17. The normalized spacial score (nSPS) is 12.8. The summed E-state index contributed by atoms with van der Waals surface area (Å²) in [7, 11) is 0. The van der Waals surface area contributed by atoms with Crippen LogP contribution in [0.3, 0.4) is 0 Å². The summed E-state index contributed by atoms with van der Waals surface area (Å²) in [6.07, 6.45) is 0.349. The second-order valence-electron chi connectivity index (χ2n) is 7.52. The van der Waals surface area contributed by atoms with E-state index in [0.717, 1.165) is 16.7 Å². The molecule has 2 N–H and O–H groups in total. The average Bonchev–Trinajstić information content (AvgIpc) is 2.79. The van der Waals surface area contributed by atoms with Crippen molar-refractivity contribution in [3.8, 4) is 0 Å². The molecule has 2 atom stereocenters. The SMILES string of the molecule is C[C@@H](NC(=O)C(Cc1ccccc1)C(=O)N[C@H](C)c1ccccc1)c1ccccc1. The van der Waals surface area contributed by atoms with Crippen molar-refractivity contribution in [1.82, 2.24) is 10.6 Å². The summed E-state index contributed by atoms with van der Waals surface area (Å²) in [6, 6.07) is 28.8. The van der Waals surface area contributed by atoms with Crippen molar-refractivity contribution >= 4 is 11.8 Å². The van der Waals surface area contributed by atoms with Gasteiger partial charge in [0, 0.05) is 0 Å². The summed E-state index contributed by atoms with van der Waals surface area (Å²) < 4.78 is 0. The quantitative estimate of drug-likeness (QED) is 0.543. The molecule has 0 aromatic heterocycles. The van der Waals surface area contributed by atoms with E-state index in [-0.39, 0.29) is 23.9 Å². The Morgan fingerprint density at radius 3 is 1.40 bits per heavy atom. The van der Waals surface area contributed by atoms with E-state index in [9.17, 15) is 9.59 Å². The maximum Gasteiger partial charge on any atom is 0.233 e. The highest BCUT2D eigenvalue weighted by molar-refractivity contribution is 6.00. The molecule has 0 saturated carbocycles. The third-order valence-electron chi connectivity index (χ3n) is 5.23. The standard InChI is InChI=1S/C26H28N2O2/c1-19(22-14-8-4-9-15-22)27-25(29)24(18-21-12-6-3-7-13-21)26(30)28-20(2)23-16-10-5-11-17-23/h3-17,19-20,24H,18H2,1-2H3,(H,27,29)(H,28,30)/t19-,20-/m1/s1. The Labute approximate surface area is 178 Å². The van der Waals surface area contributed by atoms with Crippen LogP contribution in [0.15, 0.2) is 91.0 Å². The van der Waals surface area contributed by atoms with Crippen LogP contribution in [-0.2, 0) is 16.0 Å². The van der Waals surface area contributed by atoms with E-state index in [2.05, 4.69) is 10.6 Å². The monoisotopic (exact) mass is 400 g/mol. The molecule has 3 rings (SSSR count). The second-order valence-corrected chi connectivity index (χ2v) is 7.52. The van der Waals surface area contributed by atoms with E-state index in [4.69, 9.17) is 0 Å². The van der Waals surface area contributed by atoms with Crippen LogP contribution in [0.2, 0.25) is 0 Å². The van der Waals surface area contributed by atoms with Gasteiger partial charge in [-0.3, -0.25) is 9.59 Å². The zero-order valence-corrected chi connectivity index (χ0v) is 17.4. The second kappa shape index (κ2) is 10.4. The van der Waals surface area contributed by atoms with Crippen LogP contribution >= 0.6 is 0 Å². The number of rotatable bonds is 8. The van der Waals surface area contributed by atoms with Crippen LogP contribution in [0.4, 0.5) is 0 Å². The van der Waals surface area contributed by atoms with E-state index in [1.54, 1.807) is 0 Å². The minimum atomic E-state index is -0.815. The Morgan fingerprint density at radius 2 is 1.00 bits per heavy atom. The molecule has 0 spiro atoms. The lowest BCUT2D eigenvalue weighted by molar-refractivity contribution is -0.136. The van der Waals surface area contributed by atoms with Crippen molar-refractivity contribution in [1.29, 1.82) is 0 Å². The highest BCUT2D eigenvalue weighted by Gasteiger charge is 2.29. The topological polar surface area (TPSA) is 58.2 Å². The van der Waals surface area contributed by atoms with Crippen molar-refractivity contribution in [2.24, 2.45) is 5.92 Å². The van der Waals surface area contributed by atoms with Crippen molar-refractivity contribution in [2.75, 3.05) is 0 Å². The molecule has 154 valence electrons. The van der Waals surface area contributed by atoms with Gasteiger partial charge in [0.2, 0.25) is 11.8 Å². The van der Waals surface area contributed by atoms with Crippen molar-refractivity contribution < 1.29 is 9.59 Å². The molecule has 4 heteroatoms. The lowest BCUT2D eigenvalue weighted by atomic mass is 9.96. The first-order valence-electron chi connectivity index (χ1n) is 10.3. The van der Waals surface area contributed by atoms with E-state index >= 15 is 0 Å². The molecule has 0 fully saturated rings. The zero-order chi connectivity index (χ0) is 21.3. The number of benzene rings is 3. The summed E-state index contributed by atoms with van der Waals surface area (Å²) in [4.78, 5) is 26.2. The number of amides is 2. The molecule has 0 aliphatic heterocycles. The van der Waals surface area contributed by atoms with Gasteiger partial charge in [0.15, 0.2) is 0 Å². The van der Waals surface area contributed by atoms with Gasteiger partial charge in [-0.15, -0.1) is 0 Å². The fourth-order valence-corrected chi connectivity index (χ4v) is 3.43. The van der Waals surface area contributed by atoms with E-state index in [1.165, 1.54) is 0 Å². The number of hydrogen-bond acceptors (Lipinski definition) is 2. The molecule has 3 aromatic rings. The molecule has 2 amide bonds. The van der Waals surface area contributed by atoms with Crippen molar-refractivity contribution in [3.05, 3.63) is 108 Å². The van der Waals surface area contributed by atoms with Gasteiger partial charge in [0.1, 0.15) is 5.92 Å². The molecule has 30 heavy (non-hydrogen) atoms. The maximum absolute atomic E-state index is 13.1. The van der Waals surface area contributed by atoms with Crippen LogP contribution < -0.4 is 10.6 Å². The van der Waals surface area contributed by atoms with Gasteiger partial charge in [0.25, 0.3) is 0 Å². The minimum Gasteiger partial charge on any atom is -0.349 e. The number of carbonyl (C=O) groups excluding carboxylic acids is 2. The smallest absolute Gasteiger partial charge is 0.233 e. The zero-order valence-electron chi connectivity index (χ0n) is 17.4. The van der Waals surface area contributed by atoms with E-state index in [0.29, 0.717) is 6.42 Å². The van der Waals surface area contributed by atoms with Crippen LogP contribution in [0.5, 0.6) is 0 Å². The van der Waals surface area contributed by atoms with Gasteiger partial charge < -0.3 is 10.6 Å². The summed E-state index contributed by atoms with van der Waals surface area (Å²) in [5, 5.41) is 6.02. The maximum atomic E-state index is 13.1. The first kappa shape index (κ1) is 21.3. The highest BCUT2D eigenvalue weighted by atomic mass is 16.2. The lowest BCUT2D eigenvalue weighted by Gasteiger charge is -2.22. The Balaban J connectivity index is 1.75. The molecule has 0 aliphatic rings. The first-order valence-corrected chi connectivity index (χ1v) is 10.3. The Morgan fingerprint density at radius 1 is 0.633 bits per heavy atom. The van der Waals surface area contributed by atoms with Crippen LogP contribution in [-0.4, -0.2) is 11.8 Å². The number of carbonyl (C=O) groups is 2. The molecule has 4 nitrogen and oxygen atoms in total. The average molecular weight is 401 g/mol. The van der Waals surface area contributed by atoms with Gasteiger partial charge in [0.05, 0.1) is 12.1 Å². The van der Waals surface area contributed by atoms with Crippen LogP contribution in [0, 0.1) is 5.92 Å². The van der Waals surface area contributed by atoms with Gasteiger partial charge in [-0.1, -0.05) is 91.0 Å². The third kappa shape index (κ3) is 5.80. The molecule has 0 heterocycles. The van der Waals surface area contributed by atoms with Gasteiger partial charge in [-0.05, 0) is 37.0 Å². The van der Waals surface area contributed by atoms with Gasteiger partial charge in [-0.2, -0.15) is 0 Å². The van der Waals surface area contributed by atoms with E-state index in [1.807, 2.05) is 105 Å². The molecular weight excluding hydrogens is 372 g/mol. The Bertz CT molecular complexity index is 883. The molecule has 0 radical (unpaired) electrons. The summed E-state index contributed by atoms with van der Waals surface area (Å²) in [6.45, 7) is 3.86. The molecular formula is C26H28N2O2. The van der Waals surface area contributed by atoms with E-state index < -0.39 is 5.92 Å². The van der Waals surface area contributed by atoms with Gasteiger partial charge in [-0.25, -0.2) is 0 Å². The number of nitrogens with one attached hydrogen (secondary N) is 2. The lowest BCUT2D eigenvalue weighted by Crippen LogP contribution is -2.43. The summed E-state index contributed by atoms with van der Waals surface area (Å²) in [5.74, 6) is -1.36. The molecule has 3 aromatic carbocycles. The van der Waals surface area contributed by atoms with Crippen LogP contribution in [0.1, 0.15) is 42.6 Å². The fourth-order valence-electron chi connectivity index (χ4n) is 3.43. The molecule has 0 saturated heterocycles. The third-order valence-corrected chi connectivity index (χ3v) is 5.23. The minimum absolute atomic E-state index is 0.184. The van der Waals surface area contributed by atoms with Crippen molar-refractivity contribution in [3.63, 3.8) is 0 Å². The number of hydrogen-bond donors (Lipinski definition) is 2. The first-order chi connectivity index (χ1) is 14.5. The fraction of sp³-hybridized carbons (Fsp3) is 0.231. The molecule has 0 unspecified atom stereocenters. The van der Waals surface area contributed by atoms with Crippen molar-refractivity contribution in [2.45, 2.75) is 32.4 Å². The summed E-state index contributed by atoms with van der Waals surface area (Å²) >= 11 is 0. The predicted molar refractivity (Wildman–Crippen MR) is 120 cm³/mol. The Kier molecular flexibility index (Phi) is 7.39. The Hall–Kier alpha value is -3.40.